The van der Waals surface area contributed by atoms with Gasteiger partial charge in [-0.25, -0.2) is 0 Å². The van der Waals surface area contributed by atoms with Crippen molar-refractivity contribution in [1.29, 1.82) is 0 Å². The minimum atomic E-state index is -0.0542. The van der Waals surface area contributed by atoms with Crippen molar-refractivity contribution in [2.45, 2.75) is 109 Å². The van der Waals surface area contributed by atoms with Gasteiger partial charge in [-0.2, -0.15) is 0 Å². The standard InChI is InChI=1S/C9H19NO.C8H17NO.C7H15NO.C6H13NO/c1-7(2)8(11)10(6)9(3,4)5;1-6(2)8(10)9(5)7(3)4;1-5-8(4)7(9)6(2)3;1-5(2)6(8)7(3)4/h7H,1-6H3;6-7H,1-5H3;6H,5H2,1-4H3;5H,1-4H3. The summed E-state index contributed by atoms with van der Waals surface area (Å²) in [7, 11) is 9.04. The third-order valence-corrected chi connectivity index (χ3v) is 5.73. The van der Waals surface area contributed by atoms with Crippen molar-refractivity contribution in [3.05, 3.63) is 0 Å². The molecule has 0 atom stereocenters. The molecule has 0 spiro atoms. The Morgan fingerprint density at radius 3 is 0.947 bits per heavy atom. The number of rotatable bonds is 6. The van der Waals surface area contributed by atoms with Crippen molar-refractivity contribution in [3.8, 4) is 0 Å². The summed E-state index contributed by atoms with van der Waals surface area (Å²) in [5.41, 5.74) is -0.0542. The van der Waals surface area contributed by atoms with Gasteiger partial charge in [-0.05, 0) is 41.5 Å². The number of hydrogen-bond acceptors (Lipinski definition) is 4. The molecule has 38 heavy (non-hydrogen) atoms. The summed E-state index contributed by atoms with van der Waals surface area (Å²) in [5.74, 6) is 1.31. The van der Waals surface area contributed by atoms with Gasteiger partial charge in [-0.15, -0.1) is 0 Å². The van der Waals surface area contributed by atoms with Gasteiger partial charge >= 0.3 is 0 Å². The van der Waals surface area contributed by atoms with Crippen LogP contribution >= 0.6 is 0 Å². The molecule has 0 aliphatic rings. The average molecular weight is 545 g/mol. The van der Waals surface area contributed by atoms with E-state index in [4.69, 9.17) is 0 Å². The normalized spacial score (nSPS) is 10.6. The van der Waals surface area contributed by atoms with Crippen LogP contribution in [0.15, 0.2) is 0 Å². The lowest BCUT2D eigenvalue weighted by atomic mass is 10.0. The minimum Gasteiger partial charge on any atom is -0.349 e. The summed E-state index contributed by atoms with van der Waals surface area (Å²) in [6.45, 7) is 28.2. The Morgan fingerprint density at radius 2 is 0.868 bits per heavy atom. The molecule has 0 rings (SSSR count). The number of carbonyl (C=O) groups excluding carboxylic acids is 4. The highest BCUT2D eigenvalue weighted by molar-refractivity contribution is 5.79. The maximum atomic E-state index is 11.4. The Kier molecular flexibility index (Phi) is 23.5. The summed E-state index contributed by atoms with van der Waals surface area (Å²) in [6, 6.07) is 0.315. The number of hydrogen-bond donors (Lipinski definition) is 0. The first-order valence-electron chi connectivity index (χ1n) is 13.9. The highest BCUT2D eigenvalue weighted by Gasteiger charge is 2.23. The Labute approximate surface area is 236 Å². The summed E-state index contributed by atoms with van der Waals surface area (Å²) in [6.07, 6.45) is 0. The molecule has 0 N–H and O–H groups in total. The van der Waals surface area contributed by atoms with Crippen molar-refractivity contribution in [2.75, 3.05) is 41.8 Å². The SMILES string of the molecule is CC(C)C(=O)N(C)C.CC(C)C(=O)N(C)C(C)(C)C.CC(C)C(=O)N(C)C(C)C.CCN(C)C(=O)C(C)C. The molecular formula is C30H64N4O4. The van der Waals surface area contributed by atoms with E-state index in [0.717, 1.165) is 6.54 Å². The van der Waals surface area contributed by atoms with E-state index < -0.39 is 0 Å². The Hall–Kier alpha value is -2.12. The highest BCUT2D eigenvalue weighted by Crippen LogP contribution is 2.13. The monoisotopic (exact) mass is 544 g/mol. The minimum absolute atomic E-state index is 0.0542. The lowest BCUT2D eigenvalue weighted by Gasteiger charge is -2.33. The highest BCUT2D eigenvalue weighted by atomic mass is 16.2. The molecule has 8 heteroatoms. The van der Waals surface area contributed by atoms with Crippen LogP contribution in [0.1, 0.15) is 96.9 Å². The molecule has 4 amide bonds. The molecule has 0 aromatic carbocycles. The van der Waals surface area contributed by atoms with Gasteiger partial charge in [0.05, 0.1) is 0 Å². The van der Waals surface area contributed by atoms with E-state index in [9.17, 15) is 19.2 Å². The zero-order chi connectivity index (χ0) is 31.7. The molecule has 0 saturated heterocycles. The predicted octanol–water partition coefficient (Wildman–Crippen LogP) is 5.26. The van der Waals surface area contributed by atoms with E-state index in [0.29, 0.717) is 6.04 Å². The van der Waals surface area contributed by atoms with Crippen LogP contribution in [-0.4, -0.2) is 96.6 Å². The summed E-state index contributed by atoms with van der Waals surface area (Å²) >= 11 is 0. The fourth-order valence-corrected chi connectivity index (χ4v) is 2.49. The predicted molar refractivity (Wildman–Crippen MR) is 162 cm³/mol. The first-order valence-corrected chi connectivity index (χ1v) is 13.9. The van der Waals surface area contributed by atoms with Crippen molar-refractivity contribution in [3.63, 3.8) is 0 Å². The molecule has 0 radical (unpaired) electrons. The van der Waals surface area contributed by atoms with Crippen molar-refractivity contribution in [2.24, 2.45) is 23.7 Å². The number of carbonyl (C=O) groups is 4. The summed E-state index contributed by atoms with van der Waals surface area (Å²) in [5, 5.41) is 0. The van der Waals surface area contributed by atoms with Crippen LogP contribution in [0.25, 0.3) is 0 Å². The van der Waals surface area contributed by atoms with Gasteiger partial charge in [0.2, 0.25) is 23.6 Å². The van der Waals surface area contributed by atoms with Crippen LogP contribution in [0.2, 0.25) is 0 Å². The molecule has 0 saturated carbocycles. The van der Waals surface area contributed by atoms with E-state index in [-0.39, 0.29) is 52.8 Å². The van der Waals surface area contributed by atoms with E-state index in [2.05, 4.69) is 0 Å². The van der Waals surface area contributed by atoms with Crippen LogP contribution in [-0.2, 0) is 19.2 Å². The average Bonchev–Trinajstić information content (AvgIpc) is 2.80. The fourth-order valence-electron chi connectivity index (χ4n) is 2.49. The maximum Gasteiger partial charge on any atom is 0.225 e. The molecule has 0 bridgehead atoms. The van der Waals surface area contributed by atoms with Crippen LogP contribution < -0.4 is 0 Å². The topological polar surface area (TPSA) is 81.2 Å². The van der Waals surface area contributed by atoms with Gasteiger partial charge in [-0.3, -0.25) is 19.2 Å². The molecule has 0 heterocycles. The van der Waals surface area contributed by atoms with Gasteiger partial charge in [-0.1, -0.05) is 55.4 Å². The molecule has 228 valence electrons. The molecule has 0 aromatic heterocycles. The van der Waals surface area contributed by atoms with Crippen LogP contribution in [0.3, 0.4) is 0 Å². The van der Waals surface area contributed by atoms with E-state index in [1.54, 1.807) is 33.7 Å². The van der Waals surface area contributed by atoms with Crippen LogP contribution in [0.5, 0.6) is 0 Å². The molecule has 8 nitrogen and oxygen atoms in total. The second-order valence-electron chi connectivity index (χ2n) is 12.3. The van der Waals surface area contributed by atoms with Gasteiger partial charge in [0.25, 0.3) is 0 Å². The van der Waals surface area contributed by atoms with Gasteiger partial charge in [0.15, 0.2) is 0 Å². The molecular weight excluding hydrogens is 480 g/mol. The zero-order valence-corrected chi connectivity index (χ0v) is 28.5. The Balaban J connectivity index is -0.000000204. The van der Waals surface area contributed by atoms with Crippen molar-refractivity contribution in [1.82, 2.24) is 19.6 Å². The van der Waals surface area contributed by atoms with Crippen LogP contribution in [0, 0.1) is 23.7 Å². The second kappa shape index (κ2) is 20.8. The fraction of sp³-hybridized carbons (Fsp3) is 0.867. The van der Waals surface area contributed by atoms with Crippen LogP contribution in [0.4, 0.5) is 0 Å². The lowest BCUT2D eigenvalue weighted by molar-refractivity contribution is -0.137. The van der Waals surface area contributed by atoms with Crippen molar-refractivity contribution >= 4 is 23.6 Å². The molecule has 0 aliphatic carbocycles. The molecule has 0 unspecified atom stereocenters. The maximum absolute atomic E-state index is 11.4. The number of nitrogens with zero attached hydrogens (tertiary/aromatic N) is 4. The zero-order valence-electron chi connectivity index (χ0n) is 28.5. The van der Waals surface area contributed by atoms with Gasteiger partial charge < -0.3 is 19.6 Å². The van der Waals surface area contributed by atoms with Crippen molar-refractivity contribution < 1.29 is 19.2 Å². The quantitative estimate of drug-likeness (QED) is 0.457. The first-order chi connectivity index (χ1) is 16.9. The van der Waals surface area contributed by atoms with E-state index in [1.807, 2.05) is 118 Å². The molecule has 0 fully saturated rings. The molecule has 0 aromatic rings. The largest absolute Gasteiger partial charge is 0.349 e. The van der Waals surface area contributed by atoms with Gasteiger partial charge in [0.1, 0.15) is 0 Å². The number of amides is 4. The summed E-state index contributed by atoms with van der Waals surface area (Å²) < 4.78 is 0. The Morgan fingerprint density at radius 1 is 0.553 bits per heavy atom. The van der Waals surface area contributed by atoms with E-state index >= 15 is 0 Å². The first kappa shape index (κ1) is 43.0. The summed E-state index contributed by atoms with van der Waals surface area (Å²) in [4.78, 5) is 51.3. The van der Waals surface area contributed by atoms with E-state index in [1.165, 1.54) is 0 Å². The smallest absolute Gasteiger partial charge is 0.225 e. The third kappa shape index (κ3) is 20.9. The third-order valence-electron chi connectivity index (χ3n) is 5.73. The van der Waals surface area contributed by atoms with Gasteiger partial charge in [0, 0.05) is 77.0 Å². The lowest BCUT2D eigenvalue weighted by Crippen LogP contribution is -2.44. The molecule has 0 aliphatic heterocycles. The Bertz CT molecular complexity index is 668. The second-order valence-corrected chi connectivity index (χ2v) is 12.3.